The van der Waals surface area contributed by atoms with Gasteiger partial charge in [-0.25, -0.2) is 0 Å². The number of benzene rings is 1. The number of esters is 1. The van der Waals surface area contributed by atoms with Crippen LogP contribution in [0.15, 0.2) is 30.3 Å². The Labute approximate surface area is 120 Å². The third kappa shape index (κ3) is 4.94. The van der Waals surface area contributed by atoms with Crippen molar-refractivity contribution in [2.75, 3.05) is 13.2 Å². The quantitative estimate of drug-likeness (QED) is 0.810. The van der Waals surface area contributed by atoms with E-state index in [1.165, 1.54) is 0 Å². The summed E-state index contributed by atoms with van der Waals surface area (Å²) in [5.74, 6) is -0.152. The first kappa shape index (κ1) is 15.0. The molecule has 1 heterocycles. The van der Waals surface area contributed by atoms with E-state index in [2.05, 4.69) is 5.32 Å². The van der Waals surface area contributed by atoms with E-state index in [0.717, 1.165) is 31.4 Å². The van der Waals surface area contributed by atoms with Gasteiger partial charge in [0, 0.05) is 0 Å². The molecule has 1 saturated heterocycles. The first-order chi connectivity index (χ1) is 9.75. The van der Waals surface area contributed by atoms with Crippen LogP contribution in [-0.4, -0.2) is 31.3 Å². The van der Waals surface area contributed by atoms with Gasteiger partial charge in [0.1, 0.15) is 12.1 Å². The van der Waals surface area contributed by atoms with E-state index in [1.807, 2.05) is 37.3 Å². The predicted molar refractivity (Wildman–Crippen MR) is 77.3 cm³/mol. The molecule has 1 fully saturated rings. The zero-order valence-electron chi connectivity index (χ0n) is 12.0. The van der Waals surface area contributed by atoms with E-state index in [1.54, 1.807) is 0 Å². The second kappa shape index (κ2) is 8.02. The van der Waals surface area contributed by atoms with Crippen LogP contribution >= 0.6 is 0 Å². The summed E-state index contributed by atoms with van der Waals surface area (Å²) in [7, 11) is 0. The van der Waals surface area contributed by atoms with Crippen LogP contribution in [0.5, 0.6) is 0 Å². The lowest BCUT2D eigenvalue weighted by atomic mass is 10.1. The average Bonchev–Trinajstić information content (AvgIpc) is 2.49. The van der Waals surface area contributed by atoms with Gasteiger partial charge in [-0.3, -0.25) is 4.79 Å². The first-order valence-electron chi connectivity index (χ1n) is 7.31. The van der Waals surface area contributed by atoms with Gasteiger partial charge in [0.2, 0.25) is 0 Å². The summed E-state index contributed by atoms with van der Waals surface area (Å²) in [6.45, 7) is 3.74. The number of carbonyl (C=O) groups excluding carboxylic acids is 1. The summed E-state index contributed by atoms with van der Waals surface area (Å²) in [4.78, 5) is 11.9. The number of piperidine rings is 1. The van der Waals surface area contributed by atoms with Crippen LogP contribution in [0.4, 0.5) is 0 Å². The molecule has 0 radical (unpaired) electrons. The molecule has 2 atom stereocenters. The molecule has 2 rings (SSSR count). The third-order valence-electron chi connectivity index (χ3n) is 3.38. The van der Waals surface area contributed by atoms with Crippen molar-refractivity contribution in [2.45, 2.75) is 44.9 Å². The highest BCUT2D eigenvalue weighted by molar-refractivity contribution is 5.76. The number of rotatable bonds is 6. The van der Waals surface area contributed by atoms with Crippen molar-refractivity contribution < 1.29 is 14.3 Å². The fourth-order valence-electron chi connectivity index (χ4n) is 2.28. The van der Waals surface area contributed by atoms with Crippen molar-refractivity contribution in [3.05, 3.63) is 35.9 Å². The molecule has 0 amide bonds. The Kier molecular flexibility index (Phi) is 6.02. The average molecular weight is 277 g/mol. The molecule has 4 nitrogen and oxygen atoms in total. The molecule has 110 valence electrons. The molecule has 1 aliphatic heterocycles. The Morgan fingerprint density at radius 1 is 1.35 bits per heavy atom. The summed E-state index contributed by atoms with van der Waals surface area (Å²) in [6.07, 6.45) is 2.89. The van der Waals surface area contributed by atoms with E-state index in [4.69, 9.17) is 9.47 Å². The Morgan fingerprint density at radius 2 is 2.15 bits per heavy atom. The Morgan fingerprint density at radius 3 is 2.85 bits per heavy atom. The Balaban J connectivity index is 1.64. The molecular formula is C16H23NO3. The second-order valence-electron chi connectivity index (χ2n) is 5.25. The fraction of sp³-hybridized carbons (Fsp3) is 0.562. The molecular weight excluding hydrogens is 254 g/mol. The number of hydrogen-bond acceptors (Lipinski definition) is 4. The third-order valence-corrected chi connectivity index (χ3v) is 3.38. The maximum Gasteiger partial charge on any atom is 0.323 e. The first-order valence-corrected chi connectivity index (χ1v) is 7.31. The van der Waals surface area contributed by atoms with Crippen LogP contribution in [0.25, 0.3) is 0 Å². The van der Waals surface area contributed by atoms with Gasteiger partial charge >= 0.3 is 5.97 Å². The van der Waals surface area contributed by atoms with Gasteiger partial charge in [-0.1, -0.05) is 36.8 Å². The minimum Gasteiger partial charge on any atom is -0.459 e. The molecule has 0 bridgehead atoms. The van der Waals surface area contributed by atoms with Gasteiger partial charge in [-0.15, -0.1) is 0 Å². The van der Waals surface area contributed by atoms with Crippen LogP contribution in [0.2, 0.25) is 0 Å². The molecule has 0 aromatic heterocycles. The van der Waals surface area contributed by atoms with Crippen molar-refractivity contribution in [1.82, 2.24) is 5.32 Å². The Hall–Kier alpha value is -1.39. The number of hydrogen-bond donors (Lipinski definition) is 1. The van der Waals surface area contributed by atoms with Gasteiger partial charge in [0.15, 0.2) is 0 Å². The minimum atomic E-state index is -0.213. The molecule has 0 unspecified atom stereocenters. The smallest absolute Gasteiger partial charge is 0.323 e. The highest BCUT2D eigenvalue weighted by Crippen LogP contribution is 2.10. The van der Waals surface area contributed by atoms with Gasteiger partial charge < -0.3 is 14.8 Å². The maximum atomic E-state index is 11.9. The van der Waals surface area contributed by atoms with E-state index in [9.17, 15) is 4.79 Å². The topological polar surface area (TPSA) is 47.6 Å². The van der Waals surface area contributed by atoms with E-state index in [0.29, 0.717) is 13.2 Å². The molecule has 1 aliphatic rings. The van der Waals surface area contributed by atoms with E-state index < -0.39 is 0 Å². The van der Waals surface area contributed by atoms with Crippen molar-refractivity contribution in [3.8, 4) is 0 Å². The van der Waals surface area contributed by atoms with Crippen molar-refractivity contribution >= 4 is 5.97 Å². The van der Waals surface area contributed by atoms with Gasteiger partial charge in [0.25, 0.3) is 0 Å². The number of ether oxygens (including phenoxy) is 2. The lowest BCUT2D eigenvalue weighted by Crippen LogP contribution is -2.42. The van der Waals surface area contributed by atoms with Crippen molar-refractivity contribution in [2.24, 2.45) is 0 Å². The molecule has 4 heteroatoms. The highest BCUT2D eigenvalue weighted by Gasteiger charge is 2.23. The van der Waals surface area contributed by atoms with E-state index in [-0.39, 0.29) is 18.1 Å². The van der Waals surface area contributed by atoms with Crippen LogP contribution in [0, 0.1) is 0 Å². The maximum absolute atomic E-state index is 11.9. The van der Waals surface area contributed by atoms with Crippen LogP contribution in [0.1, 0.15) is 31.7 Å². The van der Waals surface area contributed by atoms with Gasteiger partial charge in [-0.05, 0) is 31.9 Å². The molecule has 0 aliphatic carbocycles. The van der Waals surface area contributed by atoms with E-state index >= 15 is 0 Å². The summed E-state index contributed by atoms with van der Waals surface area (Å²) >= 11 is 0. The zero-order valence-corrected chi connectivity index (χ0v) is 12.0. The summed E-state index contributed by atoms with van der Waals surface area (Å²) in [5.41, 5.74) is 1.12. The number of carbonyl (C=O) groups is 1. The van der Waals surface area contributed by atoms with Crippen LogP contribution < -0.4 is 5.32 Å². The SMILES string of the molecule is C[C@@H](COCc1ccccc1)OC(=O)[C@H]1CCCCN1. The largest absolute Gasteiger partial charge is 0.459 e. The summed E-state index contributed by atoms with van der Waals surface area (Å²) in [5, 5.41) is 3.19. The number of nitrogens with one attached hydrogen (secondary N) is 1. The summed E-state index contributed by atoms with van der Waals surface area (Å²) < 4.78 is 11.0. The molecule has 20 heavy (non-hydrogen) atoms. The second-order valence-corrected chi connectivity index (χ2v) is 5.25. The lowest BCUT2D eigenvalue weighted by Gasteiger charge is -2.23. The molecule has 1 aromatic rings. The van der Waals surface area contributed by atoms with Crippen molar-refractivity contribution in [1.29, 1.82) is 0 Å². The molecule has 1 aromatic carbocycles. The zero-order chi connectivity index (χ0) is 14.2. The monoisotopic (exact) mass is 277 g/mol. The molecule has 0 spiro atoms. The standard InChI is InChI=1S/C16H23NO3/c1-13(11-19-12-14-7-3-2-4-8-14)20-16(18)15-9-5-6-10-17-15/h2-4,7-8,13,15,17H,5-6,9-12H2,1H3/t13-,15+/m0/s1. The normalized spacial score (nSPS) is 20.4. The Bertz CT molecular complexity index is 401. The lowest BCUT2D eigenvalue weighted by molar-refractivity contribution is -0.154. The highest BCUT2D eigenvalue weighted by atomic mass is 16.6. The molecule has 0 saturated carbocycles. The van der Waals surface area contributed by atoms with Crippen molar-refractivity contribution in [3.63, 3.8) is 0 Å². The molecule has 1 N–H and O–H groups in total. The minimum absolute atomic E-state index is 0.139. The fourth-order valence-corrected chi connectivity index (χ4v) is 2.28. The predicted octanol–water partition coefficient (Wildman–Crippen LogP) is 2.28. The van der Waals surface area contributed by atoms with Crippen LogP contribution in [0.3, 0.4) is 0 Å². The van der Waals surface area contributed by atoms with Gasteiger partial charge in [0.05, 0.1) is 13.2 Å². The van der Waals surface area contributed by atoms with Crippen LogP contribution in [-0.2, 0) is 20.9 Å². The van der Waals surface area contributed by atoms with Gasteiger partial charge in [-0.2, -0.15) is 0 Å². The summed E-state index contributed by atoms with van der Waals surface area (Å²) in [6, 6.07) is 9.84.